The molecule has 0 aliphatic rings. The minimum absolute atomic E-state index is 0.546. The number of hydrogen-bond acceptors (Lipinski definition) is 4. The molecule has 106 valence electrons. The van der Waals surface area contributed by atoms with Crippen LogP contribution in [0.4, 0.5) is 17.3 Å². The van der Waals surface area contributed by atoms with Crippen LogP contribution in [0.5, 0.6) is 0 Å². The minimum atomic E-state index is 0.546. The molecule has 0 spiro atoms. The van der Waals surface area contributed by atoms with Crippen LogP contribution in [0, 0.1) is 6.92 Å². The summed E-state index contributed by atoms with van der Waals surface area (Å²) in [7, 11) is 0. The Bertz CT molecular complexity index is 561. The lowest BCUT2D eigenvalue weighted by atomic mass is 10.0. The zero-order valence-electron chi connectivity index (χ0n) is 12.6. The lowest BCUT2D eigenvalue weighted by Gasteiger charge is -2.12. The highest BCUT2D eigenvalue weighted by Crippen LogP contribution is 2.23. The Labute approximate surface area is 120 Å². The van der Waals surface area contributed by atoms with Gasteiger partial charge >= 0.3 is 0 Å². The Kier molecular flexibility index (Phi) is 4.56. The van der Waals surface area contributed by atoms with Crippen LogP contribution in [0.25, 0.3) is 0 Å². The molecule has 0 radical (unpaired) electrons. The predicted molar refractivity (Wildman–Crippen MR) is 84.7 cm³/mol. The maximum atomic E-state index is 4.31. The number of hydrogen-bond donors (Lipinski definition) is 2. The van der Waals surface area contributed by atoms with Crippen molar-refractivity contribution in [3.8, 4) is 0 Å². The van der Waals surface area contributed by atoms with E-state index in [1.54, 1.807) is 6.33 Å². The SMILES string of the molecule is CCNc1ncnc(Nc2ccc(C(C)C)cc2)c1C. The Morgan fingerprint density at radius 1 is 1.05 bits per heavy atom. The fraction of sp³-hybridized carbons (Fsp3) is 0.375. The quantitative estimate of drug-likeness (QED) is 0.859. The van der Waals surface area contributed by atoms with Crippen molar-refractivity contribution < 1.29 is 0 Å². The van der Waals surface area contributed by atoms with Gasteiger partial charge < -0.3 is 10.6 Å². The zero-order valence-corrected chi connectivity index (χ0v) is 12.6. The summed E-state index contributed by atoms with van der Waals surface area (Å²) in [5, 5.41) is 6.58. The molecule has 0 saturated carbocycles. The molecule has 1 aromatic heterocycles. The monoisotopic (exact) mass is 270 g/mol. The van der Waals surface area contributed by atoms with Crippen molar-refractivity contribution in [3.05, 3.63) is 41.7 Å². The Hall–Kier alpha value is -2.10. The van der Waals surface area contributed by atoms with Gasteiger partial charge in [0.05, 0.1) is 0 Å². The molecule has 2 N–H and O–H groups in total. The number of benzene rings is 1. The van der Waals surface area contributed by atoms with Crippen LogP contribution in [0.3, 0.4) is 0 Å². The van der Waals surface area contributed by atoms with Crippen molar-refractivity contribution in [3.63, 3.8) is 0 Å². The second-order valence-electron chi connectivity index (χ2n) is 5.13. The average Bonchev–Trinajstić information content (AvgIpc) is 2.44. The van der Waals surface area contributed by atoms with E-state index in [1.807, 2.05) is 6.92 Å². The van der Waals surface area contributed by atoms with E-state index in [9.17, 15) is 0 Å². The van der Waals surface area contributed by atoms with E-state index in [0.717, 1.165) is 29.4 Å². The topological polar surface area (TPSA) is 49.8 Å². The minimum Gasteiger partial charge on any atom is -0.370 e. The van der Waals surface area contributed by atoms with Gasteiger partial charge in [0.15, 0.2) is 0 Å². The summed E-state index contributed by atoms with van der Waals surface area (Å²) in [6.07, 6.45) is 1.58. The highest BCUT2D eigenvalue weighted by Gasteiger charge is 2.06. The Morgan fingerprint density at radius 3 is 2.30 bits per heavy atom. The fourth-order valence-electron chi connectivity index (χ4n) is 2.01. The Balaban J connectivity index is 2.19. The predicted octanol–water partition coefficient (Wildman–Crippen LogP) is 4.08. The molecule has 20 heavy (non-hydrogen) atoms. The molecule has 1 heterocycles. The number of aromatic nitrogens is 2. The summed E-state index contributed by atoms with van der Waals surface area (Å²) in [6.45, 7) is 9.31. The molecule has 0 saturated heterocycles. The van der Waals surface area contributed by atoms with Gasteiger partial charge in [0.25, 0.3) is 0 Å². The van der Waals surface area contributed by atoms with E-state index >= 15 is 0 Å². The van der Waals surface area contributed by atoms with Crippen LogP contribution in [0.2, 0.25) is 0 Å². The molecule has 0 aliphatic carbocycles. The lowest BCUT2D eigenvalue weighted by Crippen LogP contribution is -2.05. The number of rotatable bonds is 5. The zero-order chi connectivity index (χ0) is 14.5. The third-order valence-electron chi connectivity index (χ3n) is 3.27. The second-order valence-corrected chi connectivity index (χ2v) is 5.13. The van der Waals surface area contributed by atoms with Gasteiger partial charge in [-0.15, -0.1) is 0 Å². The van der Waals surface area contributed by atoms with Crippen molar-refractivity contribution >= 4 is 17.3 Å². The van der Waals surface area contributed by atoms with Gasteiger partial charge in [0, 0.05) is 17.8 Å². The van der Waals surface area contributed by atoms with E-state index in [4.69, 9.17) is 0 Å². The largest absolute Gasteiger partial charge is 0.370 e. The first-order chi connectivity index (χ1) is 9.61. The van der Waals surface area contributed by atoms with Crippen LogP contribution >= 0.6 is 0 Å². The standard InChI is InChI=1S/C16H22N4/c1-5-17-15-12(4)16(19-10-18-15)20-14-8-6-13(7-9-14)11(2)3/h6-11H,5H2,1-4H3,(H2,17,18,19,20). The lowest BCUT2D eigenvalue weighted by molar-refractivity contribution is 0.867. The Morgan fingerprint density at radius 2 is 1.70 bits per heavy atom. The summed E-state index contributed by atoms with van der Waals surface area (Å²) >= 11 is 0. The summed E-state index contributed by atoms with van der Waals surface area (Å²) in [5.74, 6) is 2.27. The van der Waals surface area contributed by atoms with Gasteiger partial charge in [0.2, 0.25) is 0 Å². The molecule has 1 aromatic carbocycles. The summed E-state index contributed by atoms with van der Waals surface area (Å²) < 4.78 is 0. The molecule has 0 amide bonds. The first-order valence-corrected chi connectivity index (χ1v) is 7.04. The molecular formula is C16H22N4. The number of nitrogens with one attached hydrogen (secondary N) is 2. The molecule has 4 nitrogen and oxygen atoms in total. The van der Waals surface area contributed by atoms with Gasteiger partial charge in [-0.3, -0.25) is 0 Å². The van der Waals surface area contributed by atoms with Gasteiger partial charge in [-0.25, -0.2) is 9.97 Å². The molecule has 0 aliphatic heterocycles. The van der Waals surface area contributed by atoms with Crippen LogP contribution in [0.15, 0.2) is 30.6 Å². The smallest absolute Gasteiger partial charge is 0.138 e. The van der Waals surface area contributed by atoms with E-state index in [2.05, 4.69) is 65.6 Å². The van der Waals surface area contributed by atoms with E-state index in [1.165, 1.54) is 5.56 Å². The summed E-state index contributed by atoms with van der Waals surface area (Å²) in [6, 6.07) is 8.47. The maximum absolute atomic E-state index is 4.31. The highest BCUT2D eigenvalue weighted by atomic mass is 15.1. The fourth-order valence-corrected chi connectivity index (χ4v) is 2.01. The third kappa shape index (κ3) is 3.26. The molecule has 2 aromatic rings. The van der Waals surface area contributed by atoms with Crippen molar-refractivity contribution in [2.24, 2.45) is 0 Å². The summed E-state index contributed by atoms with van der Waals surface area (Å²) in [5.41, 5.74) is 3.41. The molecule has 4 heteroatoms. The first-order valence-electron chi connectivity index (χ1n) is 7.04. The van der Waals surface area contributed by atoms with Crippen LogP contribution < -0.4 is 10.6 Å². The maximum Gasteiger partial charge on any atom is 0.138 e. The normalized spacial score (nSPS) is 10.7. The van der Waals surface area contributed by atoms with Crippen LogP contribution in [-0.4, -0.2) is 16.5 Å². The molecule has 2 rings (SSSR count). The molecule has 0 atom stereocenters. The van der Waals surface area contributed by atoms with E-state index in [0.29, 0.717) is 5.92 Å². The van der Waals surface area contributed by atoms with Crippen LogP contribution in [0.1, 0.15) is 37.8 Å². The molecule has 0 fully saturated rings. The average molecular weight is 270 g/mol. The van der Waals surface area contributed by atoms with Crippen molar-refractivity contribution in [2.45, 2.75) is 33.6 Å². The number of anilines is 3. The van der Waals surface area contributed by atoms with E-state index < -0.39 is 0 Å². The van der Waals surface area contributed by atoms with Crippen molar-refractivity contribution in [2.75, 3.05) is 17.2 Å². The van der Waals surface area contributed by atoms with E-state index in [-0.39, 0.29) is 0 Å². The first kappa shape index (κ1) is 14.3. The van der Waals surface area contributed by atoms with Crippen molar-refractivity contribution in [1.29, 1.82) is 0 Å². The number of nitrogens with zero attached hydrogens (tertiary/aromatic N) is 2. The highest BCUT2D eigenvalue weighted by molar-refractivity contribution is 5.64. The summed E-state index contributed by atoms with van der Waals surface area (Å²) in [4.78, 5) is 8.56. The van der Waals surface area contributed by atoms with Gasteiger partial charge in [-0.05, 0) is 37.5 Å². The molecular weight excluding hydrogens is 248 g/mol. The van der Waals surface area contributed by atoms with Gasteiger partial charge in [-0.1, -0.05) is 26.0 Å². The van der Waals surface area contributed by atoms with Crippen LogP contribution in [-0.2, 0) is 0 Å². The van der Waals surface area contributed by atoms with Crippen molar-refractivity contribution in [1.82, 2.24) is 9.97 Å². The van der Waals surface area contributed by atoms with Gasteiger partial charge in [-0.2, -0.15) is 0 Å². The molecule has 0 bridgehead atoms. The molecule has 0 unspecified atom stereocenters. The second kappa shape index (κ2) is 6.37. The van der Waals surface area contributed by atoms with Gasteiger partial charge in [0.1, 0.15) is 18.0 Å². The third-order valence-corrected chi connectivity index (χ3v) is 3.27.